The van der Waals surface area contributed by atoms with Gasteiger partial charge in [-0.1, -0.05) is 0 Å². The van der Waals surface area contributed by atoms with Crippen LogP contribution in [-0.2, 0) is 6.42 Å². The van der Waals surface area contributed by atoms with Gasteiger partial charge in [0.25, 0.3) is 0 Å². The van der Waals surface area contributed by atoms with Gasteiger partial charge in [-0.25, -0.2) is 0 Å². The lowest BCUT2D eigenvalue weighted by Crippen LogP contribution is -2.44. The van der Waals surface area contributed by atoms with Crippen molar-refractivity contribution >= 4 is 5.69 Å². The van der Waals surface area contributed by atoms with E-state index in [0.717, 1.165) is 25.1 Å². The summed E-state index contributed by atoms with van der Waals surface area (Å²) in [5, 5.41) is 0. The summed E-state index contributed by atoms with van der Waals surface area (Å²) >= 11 is 0. The molecular weight excluding hydrogens is 290 g/mol. The normalized spacial score (nSPS) is 16.5. The van der Waals surface area contributed by atoms with Crippen LogP contribution in [0.25, 0.3) is 0 Å². The first-order chi connectivity index (χ1) is 11.1. The number of rotatable bonds is 8. The summed E-state index contributed by atoms with van der Waals surface area (Å²) in [5.74, 6) is 1.45. The van der Waals surface area contributed by atoms with Crippen molar-refractivity contribution < 1.29 is 9.47 Å². The van der Waals surface area contributed by atoms with E-state index in [-0.39, 0.29) is 0 Å². The Balaban J connectivity index is 1.91. The number of aryl methyl sites for hydroxylation is 1. The molecule has 2 N–H and O–H groups in total. The zero-order valence-electron chi connectivity index (χ0n) is 14.8. The fourth-order valence-corrected chi connectivity index (χ4v) is 2.97. The number of piperazine rings is 1. The number of ether oxygens (including phenoxy) is 2. The average molecular weight is 321 g/mol. The number of nitrogens with two attached hydrogens (primary N) is 1. The molecule has 1 aromatic carbocycles. The summed E-state index contributed by atoms with van der Waals surface area (Å²) in [7, 11) is 2.19. The van der Waals surface area contributed by atoms with E-state index in [1.807, 2.05) is 19.9 Å². The maximum atomic E-state index is 6.15. The SMILES string of the molecule is CCOc1cc(CCCN2CCN(C)CC2)cc(N)c1OCC. The van der Waals surface area contributed by atoms with Crippen molar-refractivity contribution in [2.45, 2.75) is 26.7 Å². The molecule has 0 saturated carbocycles. The van der Waals surface area contributed by atoms with Crippen molar-refractivity contribution in [1.82, 2.24) is 9.80 Å². The Morgan fingerprint density at radius 1 is 1.04 bits per heavy atom. The zero-order valence-corrected chi connectivity index (χ0v) is 14.8. The fourth-order valence-electron chi connectivity index (χ4n) is 2.97. The predicted molar refractivity (Wildman–Crippen MR) is 95.5 cm³/mol. The van der Waals surface area contributed by atoms with Crippen molar-refractivity contribution in [3.05, 3.63) is 17.7 Å². The van der Waals surface area contributed by atoms with E-state index in [9.17, 15) is 0 Å². The Bertz CT molecular complexity index is 485. The molecule has 1 heterocycles. The van der Waals surface area contributed by atoms with Gasteiger partial charge in [0.15, 0.2) is 11.5 Å². The molecule has 5 heteroatoms. The van der Waals surface area contributed by atoms with Crippen molar-refractivity contribution in [3.8, 4) is 11.5 Å². The molecule has 1 fully saturated rings. The molecule has 1 aliphatic heterocycles. The van der Waals surface area contributed by atoms with Crippen LogP contribution in [0.2, 0.25) is 0 Å². The van der Waals surface area contributed by atoms with Crippen LogP contribution in [0.5, 0.6) is 11.5 Å². The van der Waals surface area contributed by atoms with E-state index in [1.165, 1.54) is 31.7 Å². The molecule has 5 nitrogen and oxygen atoms in total. The number of hydrogen-bond donors (Lipinski definition) is 1. The highest BCUT2D eigenvalue weighted by atomic mass is 16.5. The number of anilines is 1. The molecule has 0 unspecified atom stereocenters. The molecule has 0 spiro atoms. The van der Waals surface area contributed by atoms with Gasteiger partial charge in [0.05, 0.1) is 18.9 Å². The van der Waals surface area contributed by atoms with Gasteiger partial charge in [-0.2, -0.15) is 0 Å². The Labute approximate surface area is 140 Å². The summed E-state index contributed by atoms with van der Waals surface area (Å²) in [6.45, 7) is 11.0. The second-order valence-corrected chi connectivity index (χ2v) is 6.13. The Kier molecular flexibility index (Phi) is 6.99. The highest BCUT2D eigenvalue weighted by Crippen LogP contribution is 2.35. The van der Waals surface area contributed by atoms with Crippen LogP contribution in [0, 0.1) is 0 Å². The number of hydrogen-bond acceptors (Lipinski definition) is 5. The number of benzene rings is 1. The van der Waals surface area contributed by atoms with Gasteiger partial charge in [-0.3, -0.25) is 0 Å². The van der Waals surface area contributed by atoms with E-state index >= 15 is 0 Å². The molecule has 0 atom stereocenters. The molecule has 0 aliphatic carbocycles. The van der Waals surface area contributed by atoms with Crippen LogP contribution in [0.3, 0.4) is 0 Å². The topological polar surface area (TPSA) is 51.0 Å². The van der Waals surface area contributed by atoms with E-state index in [4.69, 9.17) is 15.2 Å². The summed E-state index contributed by atoms with van der Waals surface area (Å²) in [5.41, 5.74) is 8.05. The van der Waals surface area contributed by atoms with Gasteiger partial charge in [0.2, 0.25) is 0 Å². The monoisotopic (exact) mass is 321 g/mol. The van der Waals surface area contributed by atoms with Gasteiger partial charge < -0.3 is 25.0 Å². The van der Waals surface area contributed by atoms with Crippen molar-refractivity contribution in [2.24, 2.45) is 0 Å². The highest BCUT2D eigenvalue weighted by molar-refractivity contribution is 5.62. The van der Waals surface area contributed by atoms with Gasteiger partial charge in [0.1, 0.15) is 0 Å². The van der Waals surface area contributed by atoms with Crippen LogP contribution < -0.4 is 15.2 Å². The highest BCUT2D eigenvalue weighted by Gasteiger charge is 2.14. The largest absolute Gasteiger partial charge is 0.490 e. The summed E-state index contributed by atoms with van der Waals surface area (Å²) in [6, 6.07) is 4.10. The Morgan fingerprint density at radius 3 is 2.39 bits per heavy atom. The standard InChI is InChI=1S/C18H31N3O2/c1-4-22-17-14-15(13-16(19)18(17)23-5-2)7-6-8-21-11-9-20(3)10-12-21/h13-14H,4-12,19H2,1-3H3. The average Bonchev–Trinajstić information content (AvgIpc) is 2.53. The minimum Gasteiger partial charge on any atom is -0.490 e. The van der Waals surface area contributed by atoms with E-state index in [2.05, 4.69) is 22.9 Å². The number of likely N-dealkylation sites (N-methyl/N-ethyl adjacent to an activating group) is 1. The molecule has 0 radical (unpaired) electrons. The Hall–Kier alpha value is -1.46. The lowest BCUT2D eigenvalue weighted by molar-refractivity contribution is 0.153. The third-order valence-corrected chi connectivity index (χ3v) is 4.27. The fraction of sp³-hybridized carbons (Fsp3) is 0.667. The van der Waals surface area contributed by atoms with Crippen LogP contribution in [0.1, 0.15) is 25.8 Å². The maximum absolute atomic E-state index is 6.15. The quantitative estimate of drug-likeness (QED) is 0.744. The molecule has 0 aromatic heterocycles. The molecule has 23 heavy (non-hydrogen) atoms. The maximum Gasteiger partial charge on any atom is 0.184 e. The molecule has 1 aliphatic rings. The third-order valence-electron chi connectivity index (χ3n) is 4.27. The van der Waals surface area contributed by atoms with Crippen molar-refractivity contribution in [1.29, 1.82) is 0 Å². The van der Waals surface area contributed by atoms with Crippen LogP contribution in [0.4, 0.5) is 5.69 Å². The molecule has 2 rings (SSSR count). The van der Waals surface area contributed by atoms with Crippen molar-refractivity contribution in [2.75, 3.05) is 58.7 Å². The molecule has 130 valence electrons. The lowest BCUT2D eigenvalue weighted by atomic mass is 10.1. The van der Waals surface area contributed by atoms with E-state index in [0.29, 0.717) is 24.7 Å². The smallest absolute Gasteiger partial charge is 0.184 e. The minimum absolute atomic E-state index is 0.590. The minimum atomic E-state index is 0.590. The number of nitrogens with zero attached hydrogens (tertiary/aromatic N) is 2. The van der Waals surface area contributed by atoms with Crippen LogP contribution in [-0.4, -0.2) is 62.8 Å². The number of nitrogen functional groups attached to an aromatic ring is 1. The van der Waals surface area contributed by atoms with E-state index in [1.54, 1.807) is 0 Å². The molecular formula is C18H31N3O2. The second-order valence-electron chi connectivity index (χ2n) is 6.13. The van der Waals surface area contributed by atoms with Crippen molar-refractivity contribution in [3.63, 3.8) is 0 Å². The van der Waals surface area contributed by atoms with Gasteiger partial charge in [-0.05, 0) is 58.0 Å². The van der Waals surface area contributed by atoms with Crippen LogP contribution in [0.15, 0.2) is 12.1 Å². The van der Waals surface area contributed by atoms with E-state index < -0.39 is 0 Å². The molecule has 1 saturated heterocycles. The molecule has 0 amide bonds. The van der Waals surface area contributed by atoms with Gasteiger partial charge in [0, 0.05) is 26.2 Å². The zero-order chi connectivity index (χ0) is 16.7. The summed E-state index contributed by atoms with van der Waals surface area (Å²) < 4.78 is 11.3. The first-order valence-corrected chi connectivity index (χ1v) is 8.73. The lowest BCUT2D eigenvalue weighted by Gasteiger charge is -2.32. The summed E-state index contributed by atoms with van der Waals surface area (Å²) in [6.07, 6.45) is 2.16. The molecule has 1 aromatic rings. The summed E-state index contributed by atoms with van der Waals surface area (Å²) in [4.78, 5) is 4.93. The van der Waals surface area contributed by atoms with Crippen LogP contribution >= 0.6 is 0 Å². The second kappa shape index (κ2) is 8.99. The van der Waals surface area contributed by atoms with Gasteiger partial charge in [-0.15, -0.1) is 0 Å². The predicted octanol–water partition coefficient (Wildman–Crippen LogP) is 2.25. The van der Waals surface area contributed by atoms with Gasteiger partial charge >= 0.3 is 0 Å². The molecule has 0 bridgehead atoms. The first-order valence-electron chi connectivity index (χ1n) is 8.73. The Morgan fingerprint density at radius 2 is 1.74 bits per heavy atom. The third kappa shape index (κ3) is 5.29. The first kappa shape index (κ1) is 17.9.